The number of halogens is 2. The van der Waals surface area contributed by atoms with E-state index in [1.165, 1.54) is 19.2 Å². The van der Waals surface area contributed by atoms with Crippen LogP contribution in [-0.4, -0.2) is 7.11 Å². The number of hydrogen-bond acceptors (Lipinski definition) is 1. The van der Waals surface area contributed by atoms with E-state index in [1.807, 2.05) is 0 Å². The lowest BCUT2D eigenvalue weighted by Gasteiger charge is -2.00. The third-order valence-electron chi connectivity index (χ3n) is 1.11. The average molecular weight is 252 g/mol. The van der Waals surface area contributed by atoms with Crippen molar-refractivity contribution in [1.82, 2.24) is 0 Å². The van der Waals surface area contributed by atoms with Crippen molar-refractivity contribution in [3.8, 4) is 5.75 Å². The Hall–Kier alpha value is -0.320. The number of hydrogen-bond donors (Lipinski definition) is 0. The van der Waals surface area contributed by atoms with Crippen LogP contribution in [0.15, 0.2) is 18.2 Å². The molecule has 0 aromatic heterocycles. The third kappa shape index (κ3) is 1.59. The summed E-state index contributed by atoms with van der Waals surface area (Å²) in [7, 11) is 1.52. The van der Waals surface area contributed by atoms with Crippen molar-refractivity contribution < 1.29 is 9.13 Å². The van der Waals surface area contributed by atoms with E-state index in [4.69, 9.17) is 4.74 Å². The normalized spacial score (nSPS) is 9.50. The highest BCUT2D eigenvalue weighted by Crippen LogP contribution is 2.20. The fourth-order valence-corrected chi connectivity index (χ4v) is 1.19. The Kier molecular flexibility index (Phi) is 2.48. The molecule has 0 atom stereocenters. The first-order valence-electron chi connectivity index (χ1n) is 2.73. The van der Waals surface area contributed by atoms with E-state index < -0.39 is 0 Å². The van der Waals surface area contributed by atoms with E-state index in [2.05, 4.69) is 22.6 Å². The minimum absolute atomic E-state index is 0.266. The van der Waals surface area contributed by atoms with Crippen LogP contribution in [0.4, 0.5) is 4.39 Å². The summed E-state index contributed by atoms with van der Waals surface area (Å²) < 4.78 is 18.2. The van der Waals surface area contributed by atoms with Crippen LogP contribution in [0.1, 0.15) is 0 Å². The fraction of sp³-hybridized carbons (Fsp3) is 0.143. The molecule has 0 saturated carbocycles. The maximum Gasteiger partial charge on any atom is 0.135 e. The minimum atomic E-state index is -0.266. The molecule has 0 amide bonds. The van der Waals surface area contributed by atoms with Gasteiger partial charge in [0.2, 0.25) is 0 Å². The van der Waals surface area contributed by atoms with Crippen LogP contribution >= 0.6 is 22.6 Å². The Morgan fingerprint density at radius 1 is 1.50 bits per heavy atom. The van der Waals surface area contributed by atoms with Gasteiger partial charge in [0.15, 0.2) is 0 Å². The highest BCUT2D eigenvalue weighted by molar-refractivity contribution is 14.1. The van der Waals surface area contributed by atoms with Gasteiger partial charge in [-0.2, -0.15) is 0 Å². The number of ether oxygens (including phenoxy) is 1. The predicted octanol–water partition coefficient (Wildman–Crippen LogP) is 2.44. The molecule has 0 bridgehead atoms. The highest BCUT2D eigenvalue weighted by Gasteiger charge is 1.98. The van der Waals surface area contributed by atoms with Crippen molar-refractivity contribution in [2.24, 2.45) is 0 Å². The molecule has 1 nitrogen and oxygen atoms in total. The van der Waals surface area contributed by atoms with Crippen LogP contribution < -0.4 is 4.74 Å². The average Bonchev–Trinajstić information content (AvgIpc) is 1.94. The van der Waals surface area contributed by atoms with E-state index in [1.54, 1.807) is 6.07 Å². The van der Waals surface area contributed by atoms with Crippen LogP contribution in [0.5, 0.6) is 5.75 Å². The molecule has 0 heterocycles. The van der Waals surface area contributed by atoms with Crippen molar-refractivity contribution in [2.75, 3.05) is 7.11 Å². The molecule has 0 aliphatic rings. The maximum atomic E-state index is 12.5. The van der Waals surface area contributed by atoms with Gasteiger partial charge in [-0.1, -0.05) is 0 Å². The molecule has 10 heavy (non-hydrogen) atoms. The molecule has 0 N–H and O–H groups in total. The molecule has 3 heteroatoms. The number of rotatable bonds is 1. The molecule has 0 saturated heterocycles. The Morgan fingerprint density at radius 2 is 2.20 bits per heavy atom. The van der Waals surface area contributed by atoms with Crippen molar-refractivity contribution in [1.29, 1.82) is 0 Å². The Morgan fingerprint density at radius 3 is 2.70 bits per heavy atom. The second-order valence-corrected chi connectivity index (χ2v) is 2.94. The first kappa shape index (κ1) is 7.78. The summed E-state index contributed by atoms with van der Waals surface area (Å²) in [6, 6.07) is 4.45. The summed E-state index contributed by atoms with van der Waals surface area (Å²) in [5.74, 6) is 0.317. The van der Waals surface area contributed by atoms with Gasteiger partial charge < -0.3 is 4.74 Å². The minimum Gasteiger partial charge on any atom is -0.496 e. The third-order valence-corrected chi connectivity index (χ3v) is 2.00. The molecule has 54 valence electrons. The smallest absolute Gasteiger partial charge is 0.135 e. The molecule has 1 aromatic rings. The topological polar surface area (TPSA) is 9.23 Å². The Balaban J connectivity index is 3.09. The van der Waals surface area contributed by atoms with Gasteiger partial charge in [-0.25, -0.2) is 4.39 Å². The summed E-state index contributed by atoms with van der Waals surface area (Å²) in [5.41, 5.74) is 0. The van der Waals surface area contributed by atoms with E-state index in [0.29, 0.717) is 5.75 Å². The van der Waals surface area contributed by atoms with Gasteiger partial charge in [-0.05, 0) is 34.7 Å². The second kappa shape index (κ2) is 3.18. The van der Waals surface area contributed by atoms with Crippen molar-refractivity contribution in [2.45, 2.75) is 0 Å². The van der Waals surface area contributed by atoms with Gasteiger partial charge in [-0.15, -0.1) is 0 Å². The van der Waals surface area contributed by atoms with Gasteiger partial charge in [0, 0.05) is 6.07 Å². The zero-order valence-electron chi connectivity index (χ0n) is 5.40. The summed E-state index contributed by atoms with van der Waals surface area (Å²) in [5, 5.41) is 0. The van der Waals surface area contributed by atoms with Crippen LogP contribution in [0.3, 0.4) is 0 Å². The quantitative estimate of drug-likeness (QED) is 0.697. The predicted molar refractivity (Wildman–Crippen MR) is 45.7 cm³/mol. The van der Waals surface area contributed by atoms with E-state index >= 15 is 0 Å². The lowest BCUT2D eigenvalue weighted by Crippen LogP contribution is -1.86. The lowest BCUT2D eigenvalue weighted by molar-refractivity contribution is 0.408. The summed E-state index contributed by atoms with van der Waals surface area (Å²) in [6.45, 7) is 0. The number of methoxy groups -OCH3 is 1. The molecular formula is C7H6FIO. The maximum absolute atomic E-state index is 12.5. The highest BCUT2D eigenvalue weighted by atomic mass is 127. The molecule has 0 spiro atoms. The summed E-state index contributed by atoms with van der Waals surface area (Å²) >= 11 is 2.09. The SMILES string of the molecule is COc1cc(F)ccc1I. The second-order valence-electron chi connectivity index (χ2n) is 1.78. The summed E-state index contributed by atoms with van der Waals surface area (Å²) in [6.07, 6.45) is 0. The van der Waals surface area contributed by atoms with Crippen molar-refractivity contribution in [3.63, 3.8) is 0 Å². The van der Waals surface area contributed by atoms with E-state index in [0.717, 1.165) is 3.57 Å². The molecule has 0 aliphatic heterocycles. The van der Waals surface area contributed by atoms with Crippen molar-refractivity contribution >= 4 is 22.6 Å². The Labute approximate surface area is 72.3 Å². The van der Waals surface area contributed by atoms with Crippen LogP contribution in [0, 0.1) is 9.39 Å². The molecule has 0 unspecified atom stereocenters. The van der Waals surface area contributed by atoms with Gasteiger partial charge in [0.1, 0.15) is 11.6 Å². The van der Waals surface area contributed by atoms with E-state index in [9.17, 15) is 4.39 Å². The number of benzene rings is 1. The van der Waals surface area contributed by atoms with Gasteiger partial charge >= 0.3 is 0 Å². The monoisotopic (exact) mass is 252 g/mol. The summed E-state index contributed by atoms with van der Waals surface area (Å²) in [4.78, 5) is 0. The van der Waals surface area contributed by atoms with Gasteiger partial charge in [-0.3, -0.25) is 0 Å². The molecule has 0 fully saturated rings. The first-order valence-corrected chi connectivity index (χ1v) is 3.81. The van der Waals surface area contributed by atoms with Crippen LogP contribution in [-0.2, 0) is 0 Å². The largest absolute Gasteiger partial charge is 0.496 e. The Bertz CT molecular complexity index is 237. The van der Waals surface area contributed by atoms with Crippen LogP contribution in [0.2, 0.25) is 0 Å². The first-order chi connectivity index (χ1) is 4.74. The molecule has 0 aliphatic carbocycles. The van der Waals surface area contributed by atoms with Crippen molar-refractivity contribution in [3.05, 3.63) is 27.6 Å². The fourth-order valence-electron chi connectivity index (χ4n) is 0.634. The molecule has 1 aromatic carbocycles. The van der Waals surface area contributed by atoms with Gasteiger partial charge in [0.05, 0.1) is 10.7 Å². The standard InChI is InChI=1S/C7H6FIO/c1-10-7-4-5(8)2-3-6(7)9/h2-4H,1H3. The van der Waals surface area contributed by atoms with E-state index in [-0.39, 0.29) is 5.82 Å². The van der Waals surface area contributed by atoms with Gasteiger partial charge in [0.25, 0.3) is 0 Å². The lowest BCUT2D eigenvalue weighted by atomic mass is 10.3. The van der Waals surface area contributed by atoms with Crippen LogP contribution in [0.25, 0.3) is 0 Å². The zero-order chi connectivity index (χ0) is 7.56. The zero-order valence-corrected chi connectivity index (χ0v) is 7.55. The molecule has 0 radical (unpaired) electrons. The molecular weight excluding hydrogens is 246 g/mol. The molecule has 1 rings (SSSR count).